The highest BCUT2D eigenvalue weighted by Crippen LogP contribution is 2.25. The Labute approximate surface area is 119 Å². The zero-order valence-corrected chi connectivity index (χ0v) is 12.1. The van der Waals surface area contributed by atoms with Crippen LogP contribution in [-0.2, 0) is 9.47 Å². The molecule has 0 amide bonds. The lowest BCUT2D eigenvalue weighted by Gasteiger charge is -2.24. The molecule has 0 spiro atoms. The van der Waals surface area contributed by atoms with Gasteiger partial charge in [0.2, 0.25) is 0 Å². The number of rotatable bonds is 10. The molecule has 1 aromatic rings. The molecular weight excluding hydrogens is 258 g/mol. The highest BCUT2D eigenvalue weighted by atomic mass is 16.5. The molecule has 1 heterocycles. The van der Waals surface area contributed by atoms with Crippen molar-refractivity contribution in [2.75, 3.05) is 63.0 Å². The molecule has 0 saturated carbocycles. The number of ether oxygens (including phenoxy) is 2. The van der Waals surface area contributed by atoms with Crippen LogP contribution in [0.3, 0.4) is 0 Å². The van der Waals surface area contributed by atoms with E-state index in [0.29, 0.717) is 50.2 Å². The van der Waals surface area contributed by atoms with Gasteiger partial charge in [-0.05, 0) is 0 Å². The highest BCUT2D eigenvalue weighted by molar-refractivity contribution is 5.74. The van der Waals surface area contributed by atoms with E-state index in [1.165, 1.54) is 6.33 Å². The van der Waals surface area contributed by atoms with Crippen LogP contribution < -0.4 is 16.0 Å². The Bertz CT molecular complexity index is 406. The zero-order valence-electron chi connectivity index (χ0n) is 12.1. The summed E-state index contributed by atoms with van der Waals surface area (Å²) in [4.78, 5) is 10.4. The summed E-state index contributed by atoms with van der Waals surface area (Å²) < 4.78 is 10.2. The van der Waals surface area contributed by atoms with Gasteiger partial charge in [-0.1, -0.05) is 6.08 Å². The van der Waals surface area contributed by atoms with Crippen LogP contribution in [0.25, 0.3) is 0 Å². The molecule has 112 valence electrons. The van der Waals surface area contributed by atoms with Crippen LogP contribution in [0.5, 0.6) is 0 Å². The molecule has 20 heavy (non-hydrogen) atoms. The fourth-order valence-corrected chi connectivity index (χ4v) is 1.67. The number of methoxy groups -OCH3 is 2. The van der Waals surface area contributed by atoms with Crippen LogP contribution in [0, 0.1) is 0 Å². The predicted octanol–water partition coefficient (Wildman–Crippen LogP) is 0.756. The van der Waals surface area contributed by atoms with Crippen LogP contribution in [0.1, 0.15) is 0 Å². The second-order valence-corrected chi connectivity index (χ2v) is 4.10. The molecule has 0 aliphatic heterocycles. The van der Waals surface area contributed by atoms with Gasteiger partial charge in [0.15, 0.2) is 11.6 Å². The molecule has 0 aromatic carbocycles. The monoisotopic (exact) mass is 281 g/mol. The van der Waals surface area contributed by atoms with Crippen molar-refractivity contribution in [3.63, 3.8) is 0 Å². The Morgan fingerprint density at radius 3 is 2.50 bits per heavy atom. The van der Waals surface area contributed by atoms with Crippen molar-refractivity contribution in [3.05, 3.63) is 19.0 Å². The Kier molecular flexibility index (Phi) is 7.38. The third kappa shape index (κ3) is 4.67. The minimum atomic E-state index is 0.515. The van der Waals surface area contributed by atoms with E-state index < -0.39 is 0 Å². The van der Waals surface area contributed by atoms with Crippen molar-refractivity contribution in [2.45, 2.75) is 0 Å². The van der Waals surface area contributed by atoms with Gasteiger partial charge in [0.1, 0.15) is 12.0 Å². The fourth-order valence-electron chi connectivity index (χ4n) is 1.67. The van der Waals surface area contributed by atoms with Crippen LogP contribution in [0.2, 0.25) is 0 Å². The van der Waals surface area contributed by atoms with E-state index in [-0.39, 0.29) is 0 Å². The predicted molar refractivity (Wildman–Crippen MR) is 81.1 cm³/mol. The van der Waals surface area contributed by atoms with Gasteiger partial charge < -0.3 is 25.4 Å². The van der Waals surface area contributed by atoms with Gasteiger partial charge >= 0.3 is 0 Å². The lowest BCUT2D eigenvalue weighted by atomic mass is 10.3. The smallest absolute Gasteiger partial charge is 0.157 e. The van der Waals surface area contributed by atoms with E-state index >= 15 is 0 Å². The van der Waals surface area contributed by atoms with Crippen molar-refractivity contribution in [1.29, 1.82) is 0 Å². The van der Waals surface area contributed by atoms with Gasteiger partial charge in [0.25, 0.3) is 0 Å². The first-order valence-electron chi connectivity index (χ1n) is 6.42. The van der Waals surface area contributed by atoms with E-state index in [1.807, 2.05) is 4.90 Å². The summed E-state index contributed by atoms with van der Waals surface area (Å²) in [7, 11) is 3.32. The molecule has 0 aliphatic carbocycles. The molecule has 0 radical (unpaired) electrons. The van der Waals surface area contributed by atoms with Crippen LogP contribution in [-0.4, -0.2) is 57.0 Å². The van der Waals surface area contributed by atoms with Crippen molar-refractivity contribution in [2.24, 2.45) is 0 Å². The van der Waals surface area contributed by atoms with Gasteiger partial charge in [0.05, 0.1) is 13.2 Å². The summed E-state index contributed by atoms with van der Waals surface area (Å²) in [6.45, 7) is 6.78. The molecule has 0 atom stereocenters. The van der Waals surface area contributed by atoms with Gasteiger partial charge in [0, 0.05) is 33.9 Å². The van der Waals surface area contributed by atoms with Gasteiger partial charge in [-0.3, -0.25) is 0 Å². The van der Waals surface area contributed by atoms with Crippen molar-refractivity contribution >= 4 is 17.3 Å². The Morgan fingerprint density at radius 2 is 1.95 bits per heavy atom. The lowest BCUT2D eigenvalue weighted by Crippen LogP contribution is -2.32. The van der Waals surface area contributed by atoms with E-state index in [9.17, 15) is 0 Å². The maximum atomic E-state index is 6.12. The fraction of sp³-hybridized carbons (Fsp3) is 0.538. The second kappa shape index (κ2) is 9.11. The summed E-state index contributed by atoms with van der Waals surface area (Å²) in [5.41, 5.74) is 6.64. The van der Waals surface area contributed by atoms with E-state index in [4.69, 9.17) is 15.2 Å². The lowest BCUT2D eigenvalue weighted by molar-refractivity contribution is 0.190. The minimum Gasteiger partial charge on any atom is -0.393 e. The standard InChI is InChI=1S/C13H23N5O2/c1-4-5-15-12-11(14)13(17-10-16-12)18(6-8-19-2)7-9-20-3/h4,10H,1,5-9,14H2,2-3H3,(H,15,16,17). The van der Waals surface area contributed by atoms with Crippen molar-refractivity contribution < 1.29 is 9.47 Å². The zero-order chi connectivity index (χ0) is 14.8. The topological polar surface area (TPSA) is 85.5 Å². The molecule has 0 unspecified atom stereocenters. The molecule has 0 saturated heterocycles. The summed E-state index contributed by atoms with van der Waals surface area (Å²) in [5, 5.41) is 3.09. The number of anilines is 3. The maximum absolute atomic E-state index is 6.12. The SMILES string of the molecule is C=CCNc1ncnc(N(CCOC)CCOC)c1N. The van der Waals surface area contributed by atoms with E-state index in [0.717, 1.165) is 0 Å². The molecular formula is C13H23N5O2. The molecule has 1 rings (SSSR count). The molecule has 7 nitrogen and oxygen atoms in total. The van der Waals surface area contributed by atoms with Crippen LogP contribution >= 0.6 is 0 Å². The quantitative estimate of drug-likeness (QED) is 0.612. The summed E-state index contributed by atoms with van der Waals surface area (Å²) >= 11 is 0. The van der Waals surface area contributed by atoms with Crippen molar-refractivity contribution in [1.82, 2.24) is 9.97 Å². The summed E-state index contributed by atoms with van der Waals surface area (Å²) in [5.74, 6) is 1.29. The Hall–Kier alpha value is -1.86. The Balaban J connectivity index is 2.89. The van der Waals surface area contributed by atoms with E-state index in [2.05, 4.69) is 21.9 Å². The number of hydrogen-bond acceptors (Lipinski definition) is 7. The first kappa shape index (κ1) is 16.2. The first-order chi connectivity index (χ1) is 9.74. The third-order valence-electron chi connectivity index (χ3n) is 2.71. The van der Waals surface area contributed by atoms with Crippen molar-refractivity contribution in [3.8, 4) is 0 Å². The van der Waals surface area contributed by atoms with E-state index in [1.54, 1.807) is 20.3 Å². The number of nitrogens with one attached hydrogen (secondary N) is 1. The summed E-state index contributed by atoms with van der Waals surface area (Å²) in [6, 6.07) is 0. The molecule has 0 fully saturated rings. The van der Waals surface area contributed by atoms with Crippen LogP contribution in [0.15, 0.2) is 19.0 Å². The van der Waals surface area contributed by atoms with Gasteiger partial charge in [-0.15, -0.1) is 6.58 Å². The number of nitrogens with zero attached hydrogens (tertiary/aromatic N) is 3. The molecule has 0 aliphatic rings. The number of nitrogen functional groups attached to an aromatic ring is 1. The molecule has 3 N–H and O–H groups in total. The van der Waals surface area contributed by atoms with Crippen LogP contribution in [0.4, 0.5) is 17.3 Å². The summed E-state index contributed by atoms with van der Waals surface area (Å²) in [6.07, 6.45) is 3.23. The number of nitrogens with two attached hydrogens (primary N) is 1. The van der Waals surface area contributed by atoms with Gasteiger partial charge in [-0.25, -0.2) is 9.97 Å². The van der Waals surface area contributed by atoms with Gasteiger partial charge in [-0.2, -0.15) is 0 Å². The minimum absolute atomic E-state index is 0.515. The average Bonchev–Trinajstić information content (AvgIpc) is 2.47. The molecule has 1 aromatic heterocycles. The largest absolute Gasteiger partial charge is 0.393 e. The number of hydrogen-bond donors (Lipinski definition) is 2. The average molecular weight is 281 g/mol. The second-order valence-electron chi connectivity index (χ2n) is 4.10. The molecule has 7 heteroatoms. The normalized spacial score (nSPS) is 10.3. The molecule has 0 bridgehead atoms. The Morgan fingerprint density at radius 1 is 1.30 bits per heavy atom. The highest BCUT2D eigenvalue weighted by Gasteiger charge is 2.14. The maximum Gasteiger partial charge on any atom is 0.157 e. The number of aromatic nitrogens is 2. The first-order valence-corrected chi connectivity index (χ1v) is 6.42. The third-order valence-corrected chi connectivity index (χ3v) is 2.71.